The van der Waals surface area contributed by atoms with Gasteiger partial charge in [-0.1, -0.05) is 24.3 Å². The summed E-state index contributed by atoms with van der Waals surface area (Å²) in [6, 6.07) is 15.2. The molecule has 1 aromatic heterocycles. The molecule has 0 fully saturated rings. The molecule has 4 aromatic rings. The topological polar surface area (TPSA) is 110 Å². The number of H-pyrrole nitrogens is 1. The van der Waals surface area contributed by atoms with E-state index >= 15 is 0 Å². The summed E-state index contributed by atoms with van der Waals surface area (Å²) in [7, 11) is 0. The molecule has 0 radical (unpaired) electrons. The van der Waals surface area contributed by atoms with E-state index < -0.39 is 42.0 Å². The van der Waals surface area contributed by atoms with Gasteiger partial charge in [0, 0.05) is 18.0 Å². The number of amides is 1. The minimum atomic E-state index is -4.76. The Labute approximate surface area is 231 Å². The number of hydrogen-bond acceptors (Lipinski definition) is 6. The Balaban J connectivity index is 0.000000369. The van der Waals surface area contributed by atoms with Gasteiger partial charge >= 0.3 is 19.4 Å². The first-order valence-electron chi connectivity index (χ1n) is 11.5. The lowest BCUT2D eigenvalue weighted by molar-refractivity contribution is -0.137. The summed E-state index contributed by atoms with van der Waals surface area (Å²) in [5, 5.41) is 11.2. The second-order valence-electron chi connectivity index (χ2n) is 7.88. The highest BCUT2D eigenvalue weighted by atomic mass is 19.4. The molecule has 0 saturated heterocycles. The second-order valence-corrected chi connectivity index (χ2v) is 7.88. The van der Waals surface area contributed by atoms with Crippen molar-refractivity contribution in [3.05, 3.63) is 107 Å². The number of phenols is 1. The Morgan fingerprint density at radius 1 is 0.786 bits per heavy atom. The molecule has 3 N–H and O–H groups in total. The van der Waals surface area contributed by atoms with Crippen LogP contribution in [0.4, 0.5) is 36.4 Å². The second kappa shape index (κ2) is 13.9. The molecule has 0 unspecified atom stereocenters. The SMILES string of the molecule is O=C(Nc1cc[nH]c(=O)c1)c1cc(C(F)(F)F)ccc1Oc1ccccc1OC(F)F.Oc1ccccc1OC(F)F. The largest absolute Gasteiger partial charge is 0.504 e. The van der Waals surface area contributed by atoms with Crippen LogP contribution in [-0.2, 0) is 6.18 Å². The van der Waals surface area contributed by atoms with E-state index in [2.05, 4.69) is 19.8 Å². The first-order chi connectivity index (χ1) is 19.8. The molecule has 42 heavy (non-hydrogen) atoms. The average molecular weight is 600 g/mol. The quantitative estimate of drug-likeness (QED) is 0.187. The maximum atomic E-state index is 13.2. The molecule has 8 nitrogen and oxygen atoms in total. The highest BCUT2D eigenvalue weighted by molar-refractivity contribution is 6.06. The van der Waals surface area contributed by atoms with Gasteiger partial charge in [0.1, 0.15) is 5.75 Å². The first-order valence-corrected chi connectivity index (χ1v) is 11.5. The van der Waals surface area contributed by atoms with Crippen molar-refractivity contribution in [1.82, 2.24) is 4.98 Å². The van der Waals surface area contributed by atoms with Crippen LogP contribution >= 0.6 is 0 Å². The van der Waals surface area contributed by atoms with Gasteiger partial charge in [-0.25, -0.2) is 0 Å². The number of alkyl halides is 7. The molecule has 1 amide bonds. The molecule has 1 heterocycles. The van der Waals surface area contributed by atoms with Crippen molar-refractivity contribution < 1.29 is 54.8 Å². The molecule has 0 bridgehead atoms. The van der Waals surface area contributed by atoms with Crippen LogP contribution in [0.5, 0.6) is 28.7 Å². The fourth-order valence-electron chi connectivity index (χ4n) is 3.19. The van der Waals surface area contributed by atoms with Crippen molar-refractivity contribution in [1.29, 1.82) is 0 Å². The van der Waals surface area contributed by atoms with Crippen LogP contribution in [0.25, 0.3) is 0 Å². The molecule has 15 heteroatoms. The van der Waals surface area contributed by atoms with Gasteiger partial charge in [-0.15, -0.1) is 0 Å². The van der Waals surface area contributed by atoms with Crippen molar-refractivity contribution in [2.75, 3.05) is 5.32 Å². The van der Waals surface area contributed by atoms with Gasteiger partial charge in [-0.05, 0) is 48.5 Å². The van der Waals surface area contributed by atoms with Crippen molar-refractivity contribution >= 4 is 11.6 Å². The number of nitrogens with one attached hydrogen (secondary N) is 2. The maximum Gasteiger partial charge on any atom is 0.416 e. The highest BCUT2D eigenvalue weighted by Gasteiger charge is 2.32. The van der Waals surface area contributed by atoms with E-state index in [0.29, 0.717) is 12.1 Å². The monoisotopic (exact) mass is 600 g/mol. The lowest BCUT2D eigenvalue weighted by atomic mass is 10.1. The summed E-state index contributed by atoms with van der Waals surface area (Å²) in [6.07, 6.45) is -3.52. The van der Waals surface area contributed by atoms with Crippen LogP contribution in [0.2, 0.25) is 0 Å². The van der Waals surface area contributed by atoms with E-state index in [0.717, 1.165) is 12.1 Å². The standard InChI is InChI=1S/C20H13F5N2O4.C7H6F2O2/c21-19(22)31-16-4-2-1-3-15(16)30-14-6-5-11(20(23,24)25)9-13(14)18(29)27-12-7-8-26-17(28)10-12;8-7(9)11-6-4-2-1-3-5(6)10/h1-10,19H,(H2,26,27,28,29);1-4,7,10H. The number of rotatable bonds is 8. The molecular formula is C27H19F7N2O6. The van der Waals surface area contributed by atoms with Crippen LogP contribution in [0, 0.1) is 0 Å². The van der Waals surface area contributed by atoms with E-state index in [4.69, 9.17) is 9.84 Å². The van der Waals surface area contributed by atoms with Crippen LogP contribution in [0.3, 0.4) is 0 Å². The molecular weight excluding hydrogens is 581 g/mol. The summed E-state index contributed by atoms with van der Waals surface area (Å²) in [5.41, 5.74) is -2.19. The summed E-state index contributed by atoms with van der Waals surface area (Å²) in [6.45, 7) is -6.07. The maximum absolute atomic E-state index is 13.2. The molecule has 0 atom stereocenters. The molecule has 0 aliphatic heterocycles. The predicted octanol–water partition coefficient (Wildman–Crippen LogP) is 7.03. The van der Waals surface area contributed by atoms with E-state index in [1.165, 1.54) is 60.8 Å². The zero-order valence-electron chi connectivity index (χ0n) is 20.9. The molecule has 0 aliphatic carbocycles. The molecule has 3 aromatic carbocycles. The van der Waals surface area contributed by atoms with Gasteiger partial charge in [0.25, 0.3) is 5.91 Å². The van der Waals surface area contributed by atoms with Gasteiger partial charge in [0.05, 0.1) is 11.1 Å². The fourth-order valence-corrected chi connectivity index (χ4v) is 3.19. The zero-order chi connectivity index (χ0) is 30.9. The lowest BCUT2D eigenvalue weighted by Crippen LogP contribution is -2.16. The predicted molar refractivity (Wildman–Crippen MR) is 134 cm³/mol. The number of anilines is 1. The van der Waals surface area contributed by atoms with Crippen LogP contribution in [0.1, 0.15) is 15.9 Å². The van der Waals surface area contributed by atoms with Crippen molar-refractivity contribution in [2.24, 2.45) is 0 Å². The molecule has 0 aliphatic rings. The third-order valence-electron chi connectivity index (χ3n) is 4.95. The summed E-state index contributed by atoms with van der Waals surface area (Å²) in [5.74, 6) is -2.47. The normalized spacial score (nSPS) is 11.0. The summed E-state index contributed by atoms with van der Waals surface area (Å²) >= 11 is 0. The van der Waals surface area contributed by atoms with Crippen LogP contribution < -0.4 is 25.1 Å². The molecule has 0 spiro atoms. The number of pyridine rings is 1. The molecule has 4 rings (SSSR count). The number of phenolic OH excluding ortho intramolecular Hbond substituents is 1. The van der Waals surface area contributed by atoms with Crippen LogP contribution in [0.15, 0.2) is 89.9 Å². The van der Waals surface area contributed by atoms with Gasteiger partial charge < -0.3 is 29.6 Å². The van der Waals surface area contributed by atoms with E-state index in [9.17, 15) is 40.3 Å². The lowest BCUT2D eigenvalue weighted by Gasteiger charge is -2.16. The third kappa shape index (κ3) is 9.18. The number of carbonyl (C=O) groups excluding carboxylic acids is 1. The number of halogens is 7. The van der Waals surface area contributed by atoms with Gasteiger partial charge in [-0.2, -0.15) is 30.7 Å². The van der Waals surface area contributed by atoms with E-state index in [-0.39, 0.29) is 34.4 Å². The number of hydrogen-bond donors (Lipinski definition) is 3. The van der Waals surface area contributed by atoms with Crippen LogP contribution in [-0.4, -0.2) is 29.2 Å². The summed E-state index contributed by atoms with van der Waals surface area (Å²) in [4.78, 5) is 26.4. The van der Waals surface area contributed by atoms with Gasteiger partial charge in [0.15, 0.2) is 23.0 Å². The Morgan fingerprint density at radius 3 is 1.98 bits per heavy atom. The fraction of sp³-hybridized carbons (Fsp3) is 0.111. The number of carbonyl (C=O) groups is 1. The number of para-hydroxylation sites is 4. The van der Waals surface area contributed by atoms with Gasteiger partial charge in [0.2, 0.25) is 5.56 Å². The Kier molecular flexibility index (Phi) is 10.4. The molecule has 222 valence electrons. The molecule has 0 saturated carbocycles. The highest BCUT2D eigenvalue weighted by Crippen LogP contribution is 2.37. The Morgan fingerprint density at radius 2 is 1.38 bits per heavy atom. The average Bonchev–Trinajstić information content (AvgIpc) is 2.90. The van der Waals surface area contributed by atoms with Gasteiger partial charge in [-0.3, -0.25) is 9.59 Å². The summed E-state index contributed by atoms with van der Waals surface area (Å²) < 4.78 is 102. The Hall–Kier alpha value is -5.21. The first kappa shape index (κ1) is 31.3. The number of aromatic amines is 1. The number of ether oxygens (including phenoxy) is 3. The van der Waals surface area contributed by atoms with E-state index in [1.807, 2.05) is 0 Å². The zero-order valence-corrected chi connectivity index (χ0v) is 20.9. The minimum Gasteiger partial charge on any atom is -0.504 e. The third-order valence-corrected chi connectivity index (χ3v) is 4.95. The van der Waals surface area contributed by atoms with Crippen molar-refractivity contribution in [3.8, 4) is 28.7 Å². The van der Waals surface area contributed by atoms with Crippen molar-refractivity contribution in [2.45, 2.75) is 19.4 Å². The minimum absolute atomic E-state index is 0.0264. The van der Waals surface area contributed by atoms with E-state index in [1.54, 1.807) is 0 Å². The number of aromatic hydroxyl groups is 1. The Bertz CT molecular complexity index is 1560. The smallest absolute Gasteiger partial charge is 0.416 e. The number of aromatic nitrogens is 1. The number of benzene rings is 3. The van der Waals surface area contributed by atoms with Crippen molar-refractivity contribution in [3.63, 3.8) is 0 Å².